The third-order valence-electron chi connectivity index (χ3n) is 7.21. The summed E-state index contributed by atoms with van der Waals surface area (Å²) in [7, 11) is 0. The van der Waals surface area contributed by atoms with Gasteiger partial charge in [-0.1, -0.05) is 43.3 Å². The SMILES string of the molecule is C[C@H]1CSC=C1c1cncc2[nH]c(-c3n[nH]c4ccc(-c5cncc(CNCc6ccccc6)c5)cc34)nc12. The van der Waals surface area contributed by atoms with Gasteiger partial charge in [0.05, 0.1) is 22.7 Å². The van der Waals surface area contributed by atoms with Crippen LogP contribution in [0.25, 0.3) is 50.2 Å². The normalized spacial score (nSPS) is 15.3. The number of hydrogen-bond acceptors (Lipinski definition) is 6. The number of allylic oxidation sites excluding steroid dienone is 1. The summed E-state index contributed by atoms with van der Waals surface area (Å²) in [6.07, 6.45) is 7.60. The minimum atomic E-state index is 0.481. The van der Waals surface area contributed by atoms with Crippen LogP contribution in [-0.2, 0) is 13.1 Å². The van der Waals surface area contributed by atoms with Gasteiger partial charge in [-0.3, -0.25) is 15.1 Å². The Balaban J connectivity index is 1.19. The highest BCUT2D eigenvalue weighted by atomic mass is 32.2. The molecule has 0 fully saturated rings. The van der Waals surface area contributed by atoms with E-state index < -0.39 is 0 Å². The van der Waals surface area contributed by atoms with E-state index in [-0.39, 0.29) is 0 Å². The van der Waals surface area contributed by atoms with Crippen LogP contribution in [0.1, 0.15) is 23.6 Å². The Kier molecular flexibility index (Phi) is 6.19. The zero-order valence-electron chi connectivity index (χ0n) is 21.5. The summed E-state index contributed by atoms with van der Waals surface area (Å²) in [5.41, 5.74) is 10.6. The monoisotopic (exact) mass is 529 g/mol. The Hall–Kier alpha value is -4.27. The zero-order chi connectivity index (χ0) is 26.2. The number of pyridine rings is 2. The second-order valence-corrected chi connectivity index (χ2v) is 10.9. The fraction of sp³-hybridized carbons (Fsp3) is 0.161. The van der Waals surface area contributed by atoms with Crippen molar-refractivity contribution in [1.29, 1.82) is 0 Å². The molecule has 8 heteroatoms. The minimum Gasteiger partial charge on any atom is -0.335 e. The first-order valence-electron chi connectivity index (χ1n) is 13.1. The fourth-order valence-corrected chi connectivity index (χ4v) is 6.24. The molecule has 6 aromatic rings. The molecule has 39 heavy (non-hydrogen) atoms. The van der Waals surface area contributed by atoms with Crippen molar-refractivity contribution in [3.05, 3.63) is 101 Å². The first-order chi connectivity index (χ1) is 19.2. The van der Waals surface area contributed by atoms with Crippen molar-refractivity contribution in [3.63, 3.8) is 0 Å². The first-order valence-corrected chi connectivity index (χ1v) is 14.1. The van der Waals surface area contributed by atoms with Crippen LogP contribution in [0.3, 0.4) is 0 Å². The number of aromatic nitrogens is 6. The Morgan fingerprint density at radius 2 is 1.77 bits per heavy atom. The molecule has 0 amide bonds. The number of fused-ring (bicyclic) bond motifs is 2. The number of benzene rings is 2. The highest BCUT2D eigenvalue weighted by molar-refractivity contribution is 8.02. The van der Waals surface area contributed by atoms with E-state index in [9.17, 15) is 0 Å². The smallest absolute Gasteiger partial charge is 0.159 e. The predicted octanol–water partition coefficient (Wildman–Crippen LogP) is 6.58. The van der Waals surface area contributed by atoms with E-state index >= 15 is 0 Å². The van der Waals surface area contributed by atoms with Gasteiger partial charge < -0.3 is 10.3 Å². The summed E-state index contributed by atoms with van der Waals surface area (Å²) in [4.78, 5) is 17.5. The molecule has 7 nitrogen and oxygen atoms in total. The molecule has 192 valence electrons. The molecule has 5 heterocycles. The molecule has 3 N–H and O–H groups in total. The van der Waals surface area contributed by atoms with E-state index in [2.05, 4.69) is 91.3 Å². The van der Waals surface area contributed by atoms with Crippen molar-refractivity contribution in [1.82, 2.24) is 35.5 Å². The van der Waals surface area contributed by atoms with E-state index in [0.717, 1.165) is 74.6 Å². The maximum absolute atomic E-state index is 5.01. The van der Waals surface area contributed by atoms with E-state index in [1.165, 1.54) is 11.1 Å². The summed E-state index contributed by atoms with van der Waals surface area (Å²) in [5.74, 6) is 2.31. The number of hydrogen-bond donors (Lipinski definition) is 3. The summed E-state index contributed by atoms with van der Waals surface area (Å²) in [6.45, 7) is 3.82. The molecule has 0 aliphatic carbocycles. The van der Waals surface area contributed by atoms with Crippen LogP contribution in [0, 0.1) is 5.92 Å². The van der Waals surface area contributed by atoms with Gasteiger partial charge in [0.25, 0.3) is 0 Å². The van der Waals surface area contributed by atoms with Crippen LogP contribution in [0.5, 0.6) is 0 Å². The van der Waals surface area contributed by atoms with E-state index in [1.807, 2.05) is 42.6 Å². The molecule has 7 rings (SSSR count). The van der Waals surface area contributed by atoms with Gasteiger partial charge in [-0.15, -0.1) is 11.8 Å². The second-order valence-electron chi connectivity index (χ2n) is 9.98. The van der Waals surface area contributed by atoms with Crippen molar-refractivity contribution in [2.75, 3.05) is 5.75 Å². The third kappa shape index (κ3) is 4.62. The van der Waals surface area contributed by atoms with Gasteiger partial charge in [0.15, 0.2) is 5.82 Å². The first kappa shape index (κ1) is 23.8. The van der Waals surface area contributed by atoms with Gasteiger partial charge in [0.1, 0.15) is 5.69 Å². The lowest BCUT2D eigenvalue weighted by molar-refractivity contribution is 0.691. The lowest BCUT2D eigenvalue weighted by atomic mass is 9.98. The number of thioether (sulfide) groups is 1. The fourth-order valence-electron chi connectivity index (χ4n) is 5.14. The molecule has 4 aromatic heterocycles. The molecule has 1 aliphatic rings. The van der Waals surface area contributed by atoms with Gasteiger partial charge in [0, 0.05) is 53.9 Å². The van der Waals surface area contributed by atoms with Crippen molar-refractivity contribution in [2.24, 2.45) is 5.92 Å². The number of nitrogens with zero attached hydrogens (tertiary/aromatic N) is 4. The van der Waals surface area contributed by atoms with Gasteiger partial charge in [-0.2, -0.15) is 5.10 Å². The molecule has 1 atom stereocenters. The average molecular weight is 530 g/mol. The van der Waals surface area contributed by atoms with Crippen LogP contribution in [-0.4, -0.2) is 35.9 Å². The number of nitrogens with one attached hydrogen (secondary N) is 3. The third-order valence-corrected chi connectivity index (χ3v) is 8.32. The van der Waals surface area contributed by atoms with Crippen molar-refractivity contribution in [3.8, 4) is 22.6 Å². The maximum Gasteiger partial charge on any atom is 0.159 e. The predicted molar refractivity (Wildman–Crippen MR) is 159 cm³/mol. The van der Waals surface area contributed by atoms with Gasteiger partial charge >= 0.3 is 0 Å². The lowest BCUT2D eigenvalue weighted by Crippen LogP contribution is -2.12. The summed E-state index contributed by atoms with van der Waals surface area (Å²) < 4.78 is 0. The standard InChI is InChI=1S/C31H27N7S/c1-19-17-39-18-26(19)25-15-34-16-28-29(25)36-31(35-28)30-24-10-22(7-8-27(24)37-38-30)23-9-21(13-33-14-23)12-32-11-20-5-3-2-4-6-20/h2-10,13-16,18-19,32H,11-12,17H2,1H3,(H,35,36)(H,37,38)/t19-/m0/s1. The molecule has 0 saturated carbocycles. The maximum atomic E-state index is 5.01. The van der Waals surface area contributed by atoms with E-state index in [4.69, 9.17) is 4.98 Å². The molecule has 0 radical (unpaired) electrons. The van der Waals surface area contributed by atoms with Crippen LogP contribution in [0.2, 0.25) is 0 Å². The van der Waals surface area contributed by atoms with Crippen LogP contribution in [0.4, 0.5) is 0 Å². The largest absolute Gasteiger partial charge is 0.335 e. The quantitative estimate of drug-likeness (QED) is 0.216. The van der Waals surface area contributed by atoms with Crippen molar-refractivity contribution < 1.29 is 0 Å². The summed E-state index contributed by atoms with van der Waals surface area (Å²) >= 11 is 1.85. The van der Waals surface area contributed by atoms with Crippen LogP contribution >= 0.6 is 11.8 Å². The van der Waals surface area contributed by atoms with Crippen molar-refractivity contribution >= 4 is 39.3 Å². The van der Waals surface area contributed by atoms with Gasteiger partial charge in [-0.05, 0) is 51.8 Å². The highest BCUT2D eigenvalue weighted by Crippen LogP contribution is 2.38. The number of rotatable bonds is 7. The lowest BCUT2D eigenvalue weighted by Gasteiger charge is -2.08. The topological polar surface area (TPSA) is 95.2 Å². The Bertz CT molecular complexity index is 1820. The highest BCUT2D eigenvalue weighted by Gasteiger charge is 2.22. The number of H-pyrrole nitrogens is 2. The summed E-state index contributed by atoms with van der Waals surface area (Å²) in [5, 5.41) is 14.6. The average Bonchev–Trinajstić information content (AvgIpc) is 3.71. The number of aromatic amines is 2. The molecule has 0 bridgehead atoms. The molecular formula is C31H27N7S. The van der Waals surface area contributed by atoms with E-state index in [0.29, 0.717) is 5.92 Å². The molecular weight excluding hydrogens is 502 g/mol. The number of imidazole rings is 1. The van der Waals surface area contributed by atoms with Crippen LogP contribution < -0.4 is 5.32 Å². The van der Waals surface area contributed by atoms with Crippen molar-refractivity contribution in [2.45, 2.75) is 20.0 Å². The Morgan fingerprint density at radius 3 is 2.64 bits per heavy atom. The molecule has 0 spiro atoms. The minimum absolute atomic E-state index is 0.481. The van der Waals surface area contributed by atoms with Gasteiger partial charge in [-0.25, -0.2) is 4.98 Å². The van der Waals surface area contributed by atoms with Gasteiger partial charge in [0.2, 0.25) is 0 Å². The summed E-state index contributed by atoms with van der Waals surface area (Å²) in [6, 6.07) is 19.0. The second kappa shape index (κ2) is 10.1. The molecule has 0 saturated heterocycles. The molecule has 1 aliphatic heterocycles. The molecule has 0 unspecified atom stereocenters. The zero-order valence-corrected chi connectivity index (χ0v) is 22.3. The Labute approximate surface area is 230 Å². The molecule has 2 aromatic carbocycles. The Morgan fingerprint density at radius 1 is 0.897 bits per heavy atom. The van der Waals surface area contributed by atoms with Crippen LogP contribution in [0.15, 0.2) is 84.8 Å². The van der Waals surface area contributed by atoms with E-state index in [1.54, 1.807) is 0 Å².